The monoisotopic (exact) mass is 367 g/mol. The third-order valence-corrected chi connectivity index (χ3v) is 6.02. The Hall–Kier alpha value is -1.97. The molecule has 0 aliphatic carbocycles. The molecule has 0 atom stereocenters. The van der Waals surface area contributed by atoms with E-state index < -0.39 is 10.0 Å². The number of hydrogen-bond acceptors (Lipinski definition) is 6. The molecular weight excluding hydrogens is 346 g/mol. The SMILES string of the molecule is CCn1c(COC(C)=O)nc2cc(S(=O)(=O)N3CCOCC3)ccc21. The van der Waals surface area contributed by atoms with E-state index in [0.717, 1.165) is 5.52 Å². The van der Waals surface area contributed by atoms with Gasteiger partial charge >= 0.3 is 5.97 Å². The second-order valence-electron chi connectivity index (χ2n) is 5.72. The lowest BCUT2D eigenvalue weighted by Crippen LogP contribution is -2.40. The van der Waals surface area contributed by atoms with E-state index in [9.17, 15) is 13.2 Å². The van der Waals surface area contributed by atoms with Crippen molar-refractivity contribution in [3.05, 3.63) is 24.0 Å². The van der Waals surface area contributed by atoms with E-state index in [1.807, 2.05) is 11.5 Å². The summed E-state index contributed by atoms with van der Waals surface area (Å²) in [4.78, 5) is 15.7. The van der Waals surface area contributed by atoms with Gasteiger partial charge in [0.1, 0.15) is 12.4 Å². The number of rotatable bonds is 5. The predicted molar refractivity (Wildman–Crippen MR) is 90.5 cm³/mol. The molecule has 1 saturated heterocycles. The Balaban J connectivity index is 1.98. The maximum Gasteiger partial charge on any atom is 0.303 e. The highest BCUT2D eigenvalue weighted by atomic mass is 32.2. The Bertz CT molecular complexity index is 885. The van der Waals surface area contributed by atoms with Crippen molar-refractivity contribution in [3.8, 4) is 0 Å². The number of aryl methyl sites for hydroxylation is 1. The van der Waals surface area contributed by atoms with E-state index in [1.165, 1.54) is 11.2 Å². The van der Waals surface area contributed by atoms with Gasteiger partial charge in [0.05, 0.1) is 29.1 Å². The van der Waals surface area contributed by atoms with Crippen molar-refractivity contribution < 1.29 is 22.7 Å². The lowest BCUT2D eigenvalue weighted by molar-refractivity contribution is -0.142. The van der Waals surface area contributed by atoms with Crippen molar-refractivity contribution in [2.75, 3.05) is 26.3 Å². The van der Waals surface area contributed by atoms with Gasteiger partial charge in [-0.3, -0.25) is 4.79 Å². The van der Waals surface area contributed by atoms with Crippen molar-refractivity contribution in [3.63, 3.8) is 0 Å². The molecule has 2 heterocycles. The van der Waals surface area contributed by atoms with Gasteiger partial charge in [-0.15, -0.1) is 0 Å². The highest BCUT2D eigenvalue weighted by Crippen LogP contribution is 2.24. The fourth-order valence-corrected chi connectivity index (χ4v) is 4.31. The van der Waals surface area contributed by atoms with Crippen molar-refractivity contribution >= 4 is 27.0 Å². The molecule has 1 aliphatic rings. The lowest BCUT2D eigenvalue weighted by Gasteiger charge is -2.26. The van der Waals surface area contributed by atoms with Crippen molar-refractivity contribution in [2.45, 2.75) is 31.9 Å². The van der Waals surface area contributed by atoms with Gasteiger partial charge in [0.2, 0.25) is 10.0 Å². The van der Waals surface area contributed by atoms with E-state index in [2.05, 4.69) is 4.98 Å². The molecule has 3 rings (SSSR count). The van der Waals surface area contributed by atoms with Gasteiger partial charge in [0, 0.05) is 26.6 Å². The van der Waals surface area contributed by atoms with Crippen molar-refractivity contribution in [1.29, 1.82) is 0 Å². The number of carbonyl (C=O) groups is 1. The summed E-state index contributed by atoms with van der Waals surface area (Å²) in [6, 6.07) is 4.91. The van der Waals surface area contributed by atoms with Crippen LogP contribution in [0.4, 0.5) is 0 Å². The summed E-state index contributed by atoms with van der Waals surface area (Å²) in [5.41, 5.74) is 1.38. The number of benzene rings is 1. The number of imidazole rings is 1. The fourth-order valence-electron chi connectivity index (χ4n) is 2.89. The summed E-state index contributed by atoms with van der Waals surface area (Å²) in [5.74, 6) is 0.207. The number of sulfonamides is 1. The van der Waals surface area contributed by atoms with Crippen LogP contribution in [0.25, 0.3) is 11.0 Å². The number of aromatic nitrogens is 2. The molecule has 0 spiro atoms. The Morgan fingerprint density at radius 1 is 1.32 bits per heavy atom. The maximum atomic E-state index is 12.8. The topological polar surface area (TPSA) is 90.7 Å². The Morgan fingerprint density at radius 2 is 2.04 bits per heavy atom. The molecule has 0 amide bonds. The smallest absolute Gasteiger partial charge is 0.303 e. The first kappa shape index (κ1) is 17.8. The number of fused-ring (bicyclic) bond motifs is 1. The molecule has 1 aromatic heterocycles. The van der Waals surface area contributed by atoms with Crippen LogP contribution in [0.2, 0.25) is 0 Å². The summed E-state index contributed by atoms with van der Waals surface area (Å²) in [6.45, 7) is 5.49. The van der Waals surface area contributed by atoms with Gasteiger partial charge in [-0.05, 0) is 25.1 Å². The van der Waals surface area contributed by atoms with Crippen molar-refractivity contribution in [2.24, 2.45) is 0 Å². The second-order valence-corrected chi connectivity index (χ2v) is 7.66. The number of carbonyl (C=O) groups excluding carboxylic acids is 1. The zero-order valence-corrected chi connectivity index (χ0v) is 15.1. The molecule has 8 nitrogen and oxygen atoms in total. The zero-order chi connectivity index (χ0) is 18.0. The normalized spacial score (nSPS) is 16.2. The molecule has 0 saturated carbocycles. The summed E-state index contributed by atoms with van der Waals surface area (Å²) in [5, 5.41) is 0. The minimum Gasteiger partial charge on any atom is -0.458 e. The Morgan fingerprint density at radius 3 is 2.68 bits per heavy atom. The molecule has 1 fully saturated rings. The van der Waals surface area contributed by atoms with Crippen LogP contribution in [0.15, 0.2) is 23.1 Å². The Labute approximate surface area is 146 Å². The first-order valence-electron chi connectivity index (χ1n) is 8.14. The molecule has 0 radical (unpaired) electrons. The molecule has 0 N–H and O–H groups in total. The zero-order valence-electron chi connectivity index (χ0n) is 14.3. The van der Waals surface area contributed by atoms with Gasteiger partial charge < -0.3 is 14.0 Å². The standard InChI is InChI=1S/C16H21N3O5S/c1-3-19-15-5-4-13(25(21,22)18-6-8-23-9-7-18)10-14(15)17-16(19)11-24-12(2)20/h4-5,10H,3,6-9,11H2,1-2H3. The maximum absolute atomic E-state index is 12.8. The average Bonchev–Trinajstić information content (AvgIpc) is 2.97. The summed E-state index contributed by atoms with van der Waals surface area (Å²) in [6.07, 6.45) is 0. The van der Waals surface area contributed by atoms with Crippen LogP contribution in [0.3, 0.4) is 0 Å². The van der Waals surface area contributed by atoms with Crippen LogP contribution in [0.1, 0.15) is 19.7 Å². The first-order valence-corrected chi connectivity index (χ1v) is 9.58. The second kappa shape index (κ2) is 7.11. The highest BCUT2D eigenvalue weighted by molar-refractivity contribution is 7.89. The molecule has 9 heteroatoms. The van der Waals surface area contributed by atoms with Gasteiger partial charge in [-0.2, -0.15) is 4.31 Å². The molecule has 25 heavy (non-hydrogen) atoms. The van der Waals surface area contributed by atoms with Crippen LogP contribution >= 0.6 is 0 Å². The van der Waals surface area contributed by atoms with Crippen LogP contribution < -0.4 is 0 Å². The molecule has 0 unspecified atom stereocenters. The molecule has 1 aliphatic heterocycles. The number of ether oxygens (including phenoxy) is 2. The third kappa shape index (κ3) is 3.53. The van der Waals surface area contributed by atoms with Gasteiger partial charge in [-0.25, -0.2) is 13.4 Å². The minimum absolute atomic E-state index is 0.0589. The third-order valence-electron chi connectivity index (χ3n) is 4.13. The number of morpholine rings is 1. The minimum atomic E-state index is -3.57. The van der Waals surface area contributed by atoms with Crippen LogP contribution in [0, 0.1) is 0 Å². The van der Waals surface area contributed by atoms with Gasteiger partial charge in [0.15, 0.2) is 0 Å². The quantitative estimate of drug-likeness (QED) is 0.736. The lowest BCUT2D eigenvalue weighted by atomic mass is 10.3. The van der Waals surface area contributed by atoms with Crippen LogP contribution in [0.5, 0.6) is 0 Å². The Kier molecular flexibility index (Phi) is 5.07. The largest absolute Gasteiger partial charge is 0.458 e. The molecule has 1 aromatic carbocycles. The number of nitrogens with zero attached hydrogens (tertiary/aromatic N) is 3. The van der Waals surface area contributed by atoms with Crippen LogP contribution in [-0.4, -0.2) is 54.5 Å². The first-order chi connectivity index (χ1) is 11.9. The summed E-state index contributed by atoms with van der Waals surface area (Å²) >= 11 is 0. The van der Waals surface area contributed by atoms with Gasteiger partial charge in [-0.1, -0.05) is 0 Å². The highest BCUT2D eigenvalue weighted by Gasteiger charge is 2.27. The van der Waals surface area contributed by atoms with E-state index >= 15 is 0 Å². The molecule has 2 aromatic rings. The van der Waals surface area contributed by atoms with E-state index in [1.54, 1.807) is 18.2 Å². The van der Waals surface area contributed by atoms with Gasteiger partial charge in [0.25, 0.3) is 0 Å². The number of esters is 1. The van der Waals surface area contributed by atoms with Crippen LogP contribution in [-0.2, 0) is 37.4 Å². The fraction of sp³-hybridized carbons (Fsp3) is 0.500. The number of hydrogen-bond donors (Lipinski definition) is 0. The van der Waals surface area contributed by atoms with E-state index in [4.69, 9.17) is 9.47 Å². The summed E-state index contributed by atoms with van der Waals surface area (Å²) in [7, 11) is -3.57. The summed E-state index contributed by atoms with van der Waals surface area (Å²) < 4.78 is 39.1. The van der Waals surface area contributed by atoms with Crippen molar-refractivity contribution in [1.82, 2.24) is 13.9 Å². The predicted octanol–water partition coefficient (Wildman–Crippen LogP) is 1.14. The molecule has 0 bridgehead atoms. The van der Waals surface area contributed by atoms with E-state index in [0.29, 0.717) is 44.2 Å². The molecule has 136 valence electrons. The average molecular weight is 367 g/mol. The molecular formula is C16H21N3O5S. The van der Waals surface area contributed by atoms with E-state index in [-0.39, 0.29) is 17.5 Å².